The van der Waals surface area contributed by atoms with Crippen LogP contribution in [-0.4, -0.2) is 41.7 Å². The molecule has 3 aromatic rings. The van der Waals surface area contributed by atoms with E-state index in [0.717, 1.165) is 0 Å². The molecule has 0 aliphatic carbocycles. The monoisotopic (exact) mass is 508 g/mol. The van der Waals surface area contributed by atoms with Crippen LogP contribution >= 0.6 is 0 Å². The van der Waals surface area contributed by atoms with Crippen molar-refractivity contribution >= 4 is 27.7 Å². The van der Waals surface area contributed by atoms with Crippen LogP contribution in [0.25, 0.3) is 11.1 Å². The van der Waals surface area contributed by atoms with Gasteiger partial charge in [-0.05, 0) is 40.3 Å². The van der Waals surface area contributed by atoms with E-state index in [-0.39, 0.29) is 18.1 Å². The first-order valence-corrected chi connectivity index (χ1v) is 12.5. The highest BCUT2D eigenvalue weighted by molar-refractivity contribution is 7.86. The Labute approximate surface area is 208 Å². The highest BCUT2D eigenvalue weighted by atomic mass is 32.2. The maximum atomic E-state index is 13.6. The summed E-state index contributed by atoms with van der Waals surface area (Å²) in [6.45, 7) is 1.65. The van der Waals surface area contributed by atoms with Crippen molar-refractivity contribution in [3.05, 3.63) is 99.6 Å². The van der Waals surface area contributed by atoms with E-state index in [0.29, 0.717) is 27.8 Å². The van der Waals surface area contributed by atoms with Gasteiger partial charge in [0.05, 0.1) is 4.92 Å². The van der Waals surface area contributed by atoms with E-state index in [1.807, 2.05) is 0 Å². The molecule has 1 heterocycles. The summed E-state index contributed by atoms with van der Waals surface area (Å²) >= 11 is 0. The Balaban J connectivity index is 1.87. The maximum absolute atomic E-state index is 13.6. The minimum absolute atomic E-state index is 0.00852. The number of nitro benzene ring substituents is 1. The van der Waals surface area contributed by atoms with Gasteiger partial charge in [-0.2, -0.15) is 8.42 Å². The zero-order chi connectivity index (χ0) is 26.3. The standard InChI is InChI=1S/C25H24N4O6S/c1-3-22(36(33,34)35)16-10-12-19(13-11-16)25(23(30)28(2)24(26)27-25)20-8-4-6-17(14-20)18-7-5-9-21(15-18)29(31)32/h4-15,22H,3H2,1-2H3,(H2,26,27)(H,33,34,35). The van der Waals surface area contributed by atoms with Crippen LogP contribution in [0.1, 0.15) is 35.3 Å². The number of likely N-dealkylation sites (N-methyl/N-ethyl adjacent to an activating group) is 1. The molecule has 2 atom stereocenters. The van der Waals surface area contributed by atoms with Crippen LogP contribution in [0.5, 0.6) is 0 Å². The number of hydrogen-bond donors (Lipinski definition) is 2. The number of nitrogens with two attached hydrogens (primary N) is 1. The normalized spacial score (nSPS) is 18.7. The van der Waals surface area contributed by atoms with Crippen molar-refractivity contribution in [2.45, 2.75) is 24.1 Å². The molecule has 36 heavy (non-hydrogen) atoms. The number of non-ortho nitro benzene ring substituents is 1. The van der Waals surface area contributed by atoms with E-state index in [1.165, 1.54) is 24.1 Å². The summed E-state index contributed by atoms with van der Waals surface area (Å²) in [5.41, 5.74) is 6.97. The molecular weight excluding hydrogens is 484 g/mol. The average molecular weight is 509 g/mol. The van der Waals surface area contributed by atoms with Gasteiger partial charge in [-0.1, -0.05) is 61.5 Å². The van der Waals surface area contributed by atoms with E-state index in [9.17, 15) is 27.9 Å². The van der Waals surface area contributed by atoms with E-state index < -0.39 is 31.7 Å². The van der Waals surface area contributed by atoms with Gasteiger partial charge in [0, 0.05) is 19.2 Å². The Morgan fingerprint density at radius 3 is 2.19 bits per heavy atom. The summed E-state index contributed by atoms with van der Waals surface area (Å²) < 4.78 is 33.1. The molecule has 0 fully saturated rings. The molecule has 4 rings (SSSR count). The summed E-state index contributed by atoms with van der Waals surface area (Å²) in [6, 6.07) is 19.4. The lowest BCUT2D eigenvalue weighted by atomic mass is 9.81. The number of carbonyl (C=O) groups is 1. The Morgan fingerprint density at radius 1 is 1.06 bits per heavy atom. The second-order valence-corrected chi connectivity index (χ2v) is 10.1. The Kier molecular flexibility index (Phi) is 6.37. The molecule has 186 valence electrons. The molecule has 0 radical (unpaired) electrons. The molecule has 0 saturated heterocycles. The molecule has 0 aromatic heterocycles. The van der Waals surface area contributed by atoms with Crippen molar-refractivity contribution in [2.24, 2.45) is 10.7 Å². The van der Waals surface area contributed by atoms with Crippen molar-refractivity contribution in [3.8, 4) is 11.1 Å². The van der Waals surface area contributed by atoms with E-state index >= 15 is 0 Å². The van der Waals surface area contributed by atoms with Gasteiger partial charge < -0.3 is 5.73 Å². The minimum Gasteiger partial charge on any atom is -0.369 e. The van der Waals surface area contributed by atoms with Crippen LogP contribution < -0.4 is 5.73 Å². The van der Waals surface area contributed by atoms with Crippen LogP contribution in [-0.2, 0) is 20.5 Å². The van der Waals surface area contributed by atoms with Gasteiger partial charge in [0.25, 0.3) is 21.7 Å². The number of amides is 1. The molecule has 0 spiro atoms. The van der Waals surface area contributed by atoms with Crippen molar-refractivity contribution in [3.63, 3.8) is 0 Å². The van der Waals surface area contributed by atoms with E-state index in [4.69, 9.17) is 5.73 Å². The second-order valence-electron chi connectivity index (χ2n) is 8.47. The van der Waals surface area contributed by atoms with Crippen LogP contribution in [0.4, 0.5) is 5.69 Å². The number of carbonyl (C=O) groups excluding carboxylic acids is 1. The second kappa shape index (κ2) is 9.17. The highest BCUT2D eigenvalue weighted by Gasteiger charge is 2.49. The van der Waals surface area contributed by atoms with Gasteiger partial charge in [-0.3, -0.25) is 24.4 Å². The zero-order valence-electron chi connectivity index (χ0n) is 19.5. The van der Waals surface area contributed by atoms with Gasteiger partial charge in [0.1, 0.15) is 5.25 Å². The number of hydrogen-bond acceptors (Lipinski definition) is 7. The van der Waals surface area contributed by atoms with Gasteiger partial charge in [0.2, 0.25) is 0 Å². The number of nitro groups is 1. The number of rotatable bonds is 7. The third-order valence-electron chi connectivity index (χ3n) is 6.34. The maximum Gasteiger partial charge on any atom is 0.271 e. The molecular formula is C25H24N4O6S. The fourth-order valence-electron chi connectivity index (χ4n) is 4.46. The predicted molar refractivity (Wildman–Crippen MR) is 135 cm³/mol. The number of nitrogens with zero attached hydrogens (tertiary/aromatic N) is 3. The predicted octanol–water partition coefficient (Wildman–Crippen LogP) is 3.63. The Morgan fingerprint density at radius 2 is 1.67 bits per heavy atom. The molecule has 10 nitrogen and oxygen atoms in total. The minimum atomic E-state index is -4.31. The van der Waals surface area contributed by atoms with Gasteiger partial charge in [0.15, 0.2) is 11.5 Å². The topological polar surface area (TPSA) is 156 Å². The van der Waals surface area contributed by atoms with Crippen LogP contribution in [0.2, 0.25) is 0 Å². The van der Waals surface area contributed by atoms with Crippen LogP contribution in [0.3, 0.4) is 0 Å². The smallest absolute Gasteiger partial charge is 0.271 e. The first-order chi connectivity index (χ1) is 17.0. The van der Waals surface area contributed by atoms with Gasteiger partial charge in [-0.15, -0.1) is 0 Å². The van der Waals surface area contributed by atoms with Crippen LogP contribution in [0, 0.1) is 10.1 Å². The summed E-state index contributed by atoms with van der Waals surface area (Å²) in [7, 11) is -2.81. The molecule has 1 amide bonds. The molecule has 1 aliphatic heterocycles. The average Bonchev–Trinajstić information content (AvgIpc) is 3.09. The summed E-state index contributed by atoms with van der Waals surface area (Å²) in [5.74, 6) is -0.403. The fraction of sp³-hybridized carbons (Fsp3) is 0.200. The molecule has 11 heteroatoms. The van der Waals surface area contributed by atoms with Crippen molar-refractivity contribution in [1.29, 1.82) is 0 Å². The third kappa shape index (κ3) is 4.23. The van der Waals surface area contributed by atoms with Crippen molar-refractivity contribution in [2.75, 3.05) is 7.05 Å². The molecule has 0 saturated carbocycles. The summed E-state index contributed by atoms with van der Waals surface area (Å²) in [4.78, 5) is 30.1. The zero-order valence-corrected chi connectivity index (χ0v) is 20.3. The molecule has 2 unspecified atom stereocenters. The molecule has 3 N–H and O–H groups in total. The molecule has 0 bridgehead atoms. The Hall–Kier alpha value is -4.09. The van der Waals surface area contributed by atoms with Crippen molar-refractivity contribution < 1.29 is 22.7 Å². The van der Waals surface area contributed by atoms with E-state index in [2.05, 4.69) is 4.99 Å². The third-order valence-corrected chi connectivity index (χ3v) is 7.67. The largest absolute Gasteiger partial charge is 0.369 e. The SMILES string of the molecule is CCC(c1ccc(C2(c3cccc(-c4cccc([N+](=O)[O-])c4)c3)N=C(N)N(C)C2=O)cc1)S(=O)(=O)O. The van der Waals surface area contributed by atoms with Crippen LogP contribution in [0.15, 0.2) is 77.8 Å². The van der Waals surface area contributed by atoms with E-state index in [1.54, 1.807) is 67.6 Å². The number of benzene rings is 3. The molecule has 3 aromatic carbocycles. The Bertz CT molecular complexity index is 1490. The lowest BCUT2D eigenvalue weighted by molar-refractivity contribution is -0.384. The number of aliphatic imine (C=N–C) groups is 1. The number of guanidine groups is 1. The summed E-state index contributed by atoms with van der Waals surface area (Å²) in [6.07, 6.45) is 0.168. The first-order valence-electron chi connectivity index (χ1n) is 11.0. The lowest BCUT2D eigenvalue weighted by Gasteiger charge is -2.27. The van der Waals surface area contributed by atoms with Crippen molar-refractivity contribution in [1.82, 2.24) is 4.90 Å². The van der Waals surface area contributed by atoms with Gasteiger partial charge in [-0.25, -0.2) is 4.99 Å². The first kappa shape index (κ1) is 25.0. The lowest BCUT2D eigenvalue weighted by Crippen LogP contribution is -2.41. The summed E-state index contributed by atoms with van der Waals surface area (Å²) in [5, 5.41) is 10.1. The quantitative estimate of drug-likeness (QED) is 0.280. The highest BCUT2D eigenvalue weighted by Crippen LogP contribution is 2.41. The fourth-order valence-corrected chi connectivity index (χ4v) is 5.39. The molecule has 1 aliphatic rings. The van der Waals surface area contributed by atoms with Gasteiger partial charge >= 0.3 is 0 Å².